The van der Waals surface area contributed by atoms with Crippen LogP contribution < -0.4 is 11.1 Å². The van der Waals surface area contributed by atoms with Gasteiger partial charge in [-0.25, -0.2) is 4.98 Å². The Balaban J connectivity index is 0.000000785. The molecule has 3 N–H and O–H groups in total. The summed E-state index contributed by atoms with van der Waals surface area (Å²) in [6.45, 7) is 14.8. The van der Waals surface area contributed by atoms with E-state index in [-0.39, 0.29) is 0 Å². The van der Waals surface area contributed by atoms with Gasteiger partial charge in [-0.3, -0.25) is 0 Å². The number of nitrogens with two attached hydrogens (primary N) is 1. The lowest BCUT2D eigenvalue weighted by atomic mass is 10.0. The first kappa shape index (κ1) is 24.7. The van der Waals surface area contributed by atoms with Crippen LogP contribution in [0.2, 0.25) is 0 Å². The summed E-state index contributed by atoms with van der Waals surface area (Å²) in [5.74, 6) is 1.90. The SMILES string of the molecule is C=C(N)CNCc1nc2ccc(Cc3ccccc3)cc2n1CCCCC.CC(C)C. The molecular weight excluding hydrogens is 380 g/mol. The first-order valence-corrected chi connectivity index (χ1v) is 11.6. The van der Waals surface area contributed by atoms with Crippen molar-refractivity contribution in [3.8, 4) is 0 Å². The van der Waals surface area contributed by atoms with Gasteiger partial charge in [0.1, 0.15) is 5.82 Å². The van der Waals surface area contributed by atoms with Gasteiger partial charge in [-0.1, -0.05) is 83.5 Å². The normalized spacial score (nSPS) is 10.9. The van der Waals surface area contributed by atoms with Crippen LogP contribution >= 0.6 is 0 Å². The highest BCUT2D eigenvalue weighted by Crippen LogP contribution is 2.21. The Kier molecular flexibility index (Phi) is 10.3. The molecule has 1 heterocycles. The zero-order chi connectivity index (χ0) is 22.6. The summed E-state index contributed by atoms with van der Waals surface area (Å²) in [6, 6.07) is 17.2. The van der Waals surface area contributed by atoms with Crippen LogP contribution in [0.3, 0.4) is 0 Å². The molecule has 3 aromatic rings. The fourth-order valence-corrected chi connectivity index (χ4v) is 3.40. The molecule has 0 bridgehead atoms. The first-order valence-electron chi connectivity index (χ1n) is 11.6. The fourth-order valence-electron chi connectivity index (χ4n) is 3.40. The predicted molar refractivity (Wildman–Crippen MR) is 134 cm³/mol. The number of unbranched alkanes of at least 4 members (excludes halogenated alkanes) is 2. The average molecular weight is 421 g/mol. The van der Waals surface area contributed by atoms with Gasteiger partial charge in [0.15, 0.2) is 0 Å². The fraction of sp³-hybridized carbons (Fsp3) is 0.444. The molecule has 0 aliphatic rings. The number of nitrogens with one attached hydrogen (secondary N) is 1. The molecule has 0 unspecified atom stereocenters. The molecule has 2 aromatic carbocycles. The van der Waals surface area contributed by atoms with E-state index in [0.29, 0.717) is 18.8 Å². The van der Waals surface area contributed by atoms with Gasteiger partial charge in [0.05, 0.1) is 17.6 Å². The van der Waals surface area contributed by atoms with E-state index in [1.165, 1.54) is 35.9 Å². The molecule has 0 aliphatic heterocycles. The molecule has 0 radical (unpaired) electrons. The Morgan fingerprint density at radius 1 is 1.06 bits per heavy atom. The second-order valence-corrected chi connectivity index (χ2v) is 8.87. The quantitative estimate of drug-likeness (QED) is 0.393. The number of rotatable bonds is 10. The topological polar surface area (TPSA) is 55.9 Å². The van der Waals surface area contributed by atoms with Crippen molar-refractivity contribution in [2.75, 3.05) is 6.54 Å². The Hall–Kier alpha value is -2.59. The maximum Gasteiger partial charge on any atom is 0.123 e. The third kappa shape index (κ3) is 8.58. The lowest BCUT2D eigenvalue weighted by Crippen LogP contribution is -2.22. The lowest BCUT2D eigenvalue weighted by Gasteiger charge is -2.10. The minimum absolute atomic E-state index is 0.609. The third-order valence-electron chi connectivity index (χ3n) is 4.76. The van der Waals surface area contributed by atoms with Gasteiger partial charge < -0.3 is 15.6 Å². The second kappa shape index (κ2) is 13.0. The van der Waals surface area contributed by atoms with E-state index >= 15 is 0 Å². The van der Waals surface area contributed by atoms with Crippen molar-refractivity contribution in [3.05, 3.63) is 77.8 Å². The molecular formula is C27H40N4. The van der Waals surface area contributed by atoms with Crippen LogP contribution in [0, 0.1) is 5.92 Å². The third-order valence-corrected chi connectivity index (χ3v) is 4.76. The van der Waals surface area contributed by atoms with Crippen LogP contribution in [-0.2, 0) is 19.5 Å². The number of aromatic nitrogens is 2. The number of hydrogen-bond acceptors (Lipinski definition) is 3. The highest BCUT2D eigenvalue weighted by molar-refractivity contribution is 5.77. The average Bonchev–Trinajstić information content (AvgIpc) is 3.05. The zero-order valence-electron chi connectivity index (χ0n) is 19.8. The van der Waals surface area contributed by atoms with Crippen LogP contribution in [0.4, 0.5) is 0 Å². The summed E-state index contributed by atoms with van der Waals surface area (Å²) in [7, 11) is 0. The number of imidazole rings is 1. The van der Waals surface area contributed by atoms with Crippen LogP contribution in [0.5, 0.6) is 0 Å². The molecule has 0 atom stereocenters. The standard InChI is InChI=1S/C23H30N4.C4H10/c1-3-4-8-13-27-22-15-20(14-19-9-6-5-7-10-19)11-12-21(22)26-23(27)17-25-16-18(2)24;1-4(2)3/h5-7,9-12,15,25H,2-4,8,13-14,16-17,24H2,1H3;4H,1-3H3. The number of aryl methyl sites for hydroxylation is 1. The molecule has 0 fully saturated rings. The Morgan fingerprint density at radius 3 is 2.42 bits per heavy atom. The van der Waals surface area contributed by atoms with Crippen molar-refractivity contribution >= 4 is 11.0 Å². The van der Waals surface area contributed by atoms with Crippen molar-refractivity contribution < 1.29 is 0 Å². The van der Waals surface area contributed by atoms with Crippen molar-refractivity contribution in [3.63, 3.8) is 0 Å². The lowest BCUT2D eigenvalue weighted by molar-refractivity contribution is 0.573. The molecule has 4 heteroatoms. The molecule has 0 amide bonds. The number of fused-ring (bicyclic) bond motifs is 1. The molecule has 0 spiro atoms. The van der Waals surface area contributed by atoms with Gasteiger partial charge in [-0.2, -0.15) is 0 Å². The molecule has 168 valence electrons. The van der Waals surface area contributed by atoms with Crippen molar-refractivity contribution in [2.45, 2.75) is 66.5 Å². The van der Waals surface area contributed by atoms with E-state index in [1.807, 2.05) is 0 Å². The van der Waals surface area contributed by atoms with Crippen molar-refractivity contribution in [1.82, 2.24) is 14.9 Å². The van der Waals surface area contributed by atoms with Crippen LogP contribution in [0.1, 0.15) is 63.9 Å². The Morgan fingerprint density at radius 2 is 1.77 bits per heavy atom. The summed E-state index contributed by atoms with van der Waals surface area (Å²) >= 11 is 0. The maximum atomic E-state index is 5.68. The molecule has 3 rings (SSSR count). The predicted octanol–water partition coefficient (Wildman–Crippen LogP) is 6.04. The van der Waals surface area contributed by atoms with E-state index in [1.54, 1.807) is 0 Å². The Bertz CT molecular complexity index is 922. The maximum absolute atomic E-state index is 5.68. The van der Waals surface area contributed by atoms with Gasteiger partial charge in [0.25, 0.3) is 0 Å². The summed E-state index contributed by atoms with van der Waals surface area (Å²) < 4.78 is 2.37. The summed E-state index contributed by atoms with van der Waals surface area (Å²) in [5, 5.41) is 3.34. The molecule has 0 saturated carbocycles. The van der Waals surface area contributed by atoms with E-state index in [9.17, 15) is 0 Å². The zero-order valence-corrected chi connectivity index (χ0v) is 19.8. The van der Waals surface area contributed by atoms with Gasteiger partial charge >= 0.3 is 0 Å². The van der Waals surface area contributed by atoms with Gasteiger partial charge in [-0.05, 0) is 42.0 Å². The number of nitrogens with zero attached hydrogens (tertiary/aromatic N) is 2. The van der Waals surface area contributed by atoms with Crippen molar-refractivity contribution in [2.24, 2.45) is 11.7 Å². The van der Waals surface area contributed by atoms with Gasteiger partial charge in [0.2, 0.25) is 0 Å². The molecule has 1 aromatic heterocycles. The molecule has 0 aliphatic carbocycles. The molecule has 0 saturated heterocycles. The number of benzene rings is 2. The highest BCUT2D eigenvalue weighted by atomic mass is 15.1. The van der Waals surface area contributed by atoms with Crippen molar-refractivity contribution in [1.29, 1.82) is 0 Å². The van der Waals surface area contributed by atoms with E-state index < -0.39 is 0 Å². The summed E-state index contributed by atoms with van der Waals surface area (Å²) in [4.78, 5) is 4.87. The summed E-state index contributed by atoms with van der Waals surface area (Å²) in [6.07, 6.45) is 4.56. The Labute approximate surface area is 188 Å². The first-order chi connectivity index (χ1) is 14.9. The van der Waals surface area contributed by atoms with Gasteiger partial charge in [-0.15, -0.1) is 0 Å². The number of hydrogen-bond donors (Lipinski definition) is 2. The van der Waals surface area contributed by atoms with Gasteiger partial charge in [0, 0.05) is 18.8 Å². The van der Waals surface area contributed by atoms with Crippen LogP contribution in [-0.4, -0.2) is 16.1 Å². The van der Waals surface area contributed by atoms with E-state index in [0.717, 1.165) is 30.2 Å². The van der Waals surface area contributed by atoms with E-state index in [4.69, 9.17) is 10.7 Å². The minimum Gasteiger partial charge on any atom is -0.401 e. The van der Waals surface area contributed by atoms with Crippen LogP contribution in [0.25, 0.3) is 11.0 Å². The largest absolute Gasteiger partial charge is 0.401 e. The smallest absolute Gasteiger partial charge is 0.123 e. The summed E-state index contributed by atoms with van der Waals surface area (Å²) in [5.41, 5.74) is 11.3. The van der Waals surface area contributed by atoms with Crippen LogP contribution in [0.15, 0.2) is 60.8 Å². The highest BCUT2D eigenvalue weighted by Gasteiger charge is 2.11. The molecule has 31 heavy (non-hydrogen) atoms. The molecule has 4 nitrogen and oxygen atoms in total. The second-order valence-electron chi connectivity index (χ2n) is 8.87. The van der Waals surface area contributed by atoms with E-state index in [2.05, 4.69) is 92.7 Å². The monoisotopic (exact) mass is 420 g/mol. The minimum atomic E-state index is 0.609.